The molecule has 27 heavy (non-hydrogen) atoms. The monoisotopic (exact) mass is 367 g/mol. The number of nitrogens with zero attached hydrogens (tertiary/aromatic N) is 1. The molecule has 3 rings (SSSR count). The Balaban J connectivity index is 1.54. The van der Waals surface area contributed by atoms with Gasteiger partial charge in [-0.2, -0.15) is 0 Å². The Morgan fingerprint density at radius 1 is 1.04 bits per heavy atom. The van der Waals surface area contributed by atoms with Gasteiger partial charge in [0.25, 0.3) is 0 Å². The van der Waals surface area contributed by atoms with Crippen LogP contribution < -0.4 is 9.47 Å². The Morgan fingerprint density at radius 2 is 1.74 bits per heavy atom. The smallest absolute Gasteiger partial charge is 0.341 e. The Morgan fingerprint density at radius 3 is 2.37 bits per heavy atom. The zero-order valence-corrected chi connectivity index (χ0v) is 14.7. The fraction of sp³-hybridized carbons (Fsp3) is 0.238. The van der Waals surface area contributed by atoms with Crippen LogP contribution in [0.3, 0.4) is 0 Å². The molecule has 1 aromatic heterocycles. The van der Waals surface area contributed by atoms with E-state index < -0.39 is 12.1 Å². The molecular formula is C21H21NO5. The number of carboxylic acids is 1. The number of aliphatic carboxylic acids is 1. The second-order valence-electron chi connectivity index (χ2n) is 6.22. The van der Waals surface area contributed by atoms with Crippen molar-refractivity contribution < 1.29 is 24.5 Å². The van der Waals surface area contributed by atoms with E-state index in [1.807, 2.05) is 36.4 Å². The summed E-state index contributed by atoms with van der Waals surface area (Å²) in [6.07, 6.45) is 4.31. The van der Waals surface area contributed by atoms with E-state index in [1.165, 1.54) is 0 Å². The van der Waals surface area contributed by atoms with E-state index in [9.17, 15) is 9.90 Å². The molecule has 6 heteroatoms. The topological polar surface area (TPSA) is 88.9 Å². The molecule has 0 saturated carbocycles. The largest absolute Gasteiger partial charge is 0.491 e. The summed E-state index contributed by atoms with van der Waals surface area (Å²) in [5, 5.41) is 20.6. The Labute approximate surface area is 157 Å². The van der Waals surface area contributed by atoms with Gasteiger partial charge in [-0.15, -0.1) is 0 Å². The number of benzene rings is 2. The molecule has 0 saturated heterocycles. The number of hydrogen-bond acceptors (Lipinski definition) is 5. The number of carbonyl (C=O) groups is 1. The van der Waals surface area contributed by atoms with Crippen LogP contribution in [0.4, 0.5) is 0 Å². The van der Waals surface area contributed by atoms with Crippen LogP contribution in [-0.2, 0) is 11.2 Å². The highest BCUT2D eigenvalue weighted by molar-refractivity contribution is 5.85. The number of ether oxygens (including phenoxy) is 2. The molecule has 0 aliphatic heterocycles. The molecule has 140 valence electrons. The maximum absolute atomic E-state index is 10.6. The van der Waals surface area contributed by atoms with E-state index in [1.54, 1.807) is 24.5 Å². The van der Waals surface area contributed by atoms with E-state index in [-0.39, 0.29) is 13.2 Å². The van der Waals surface area contributed by atoms with E-state index in [0.29, 0.717) is 17.9 Å². The van der Waals surface area contributed by atoms with Crippen LogP contribution in [0.1, 0.15) is 12.0 Å². The van der Waals surface area contributed by atoms with Gasteiger partial charge in [-0.25, -0.2) is 4.79 Å². The molecule has 2 aromatic carbocycles. The molecule has 0 radical (unpaired) electrons. The van der Waals surface area contributed by atoms with Crippen LogP contribution in [0.15, 0.2) is 60.9 Å². The number of aromatic nitrogens is 1. The van der Waals surface area contributed by atoms with Crippen molar-refractivity contribution in [3.8, 4) is 11.5 Å². The minimum atomic E-state index is -1.01. The number of carboxylic acid groups (broad SMARTS) is 1. The van der Waals surface area contributed by atoms with Crippen molar-refractivity contribution in [2.24, 2.45) is 0 Å². The maximum atomic E-state index is 10.6. The van der Waals surface area contributed by atoms with Gasteiger partial charge in [0, 0.05) is 12.4 Å². The molecule has 2 N–H and O–H groups in total. The Hall–Kier alpha value is -3.12. The number of aliphatic hydroxyl groups excluding tert-OH is 1. The molecule has 0 amide bonds. The van der Waals surface area contributed by atoms with Gasteiger partial charge in [-0.3, -0.25) is 4.98 Å². The van der Waals surface area contributed by atoms with Gasteiger partial charge in [0.05, 0.1) is 6.10 Å². The zero-order chi connectivity index (χ0) is 19.1. The van der Waals surface area contributed by atoms with Crippen LogP contribution in [-0.4, -0.2) is 40.5 Å². The van der Waals surface area contributed by atoms with Gasteiger partial charge in [0.1, 0.15) is 18.1 Å². The molecule has 1 unspecified atom stereocenters. The molecule has 0 bridgehead atoms. The van der Waals surface area contributed by atoms with Gasteiger partial charge in [0.2, 0.25) is 0 Å². The number of aryl methyl sites for hydroxylation is 1. The quantitative estimate of drug-likeness (QED) is 0.604. The van der Waals surface area contributed by atoms with Crippen molar-refractivity contribution in [3.05, 3.63) is 66.5 Å². The summed E-state index contributed by atoms with van der Waals surface area (Å²) in [7, 11) is 0. The lowest BCUT2D eigenvalue weighted by Crippen LogP contribution is -2.18. The van der Waals surface area contributed by atoms with Crippen LogP contribution in [0.5, 0.6) is 11.5 Å². The predicted octanol–water partition coefficient (Wildman–Crippen LogP) is 3.07. The summed E-state index contributed by atoms with van der Waals surface area (Å²) in [6.45, 7) is -0.158. The molecule has 1 atom stereocenters. The first-order valence-electron chi connectivity index (χ1n) is 8.68. The summed E-state index contributed by atoms with van der Waals surface area (Å²) in [5.74, 6) is 0.160. The number of pyridine rings is 1. The van der Waals surface area contributed by atoms with Gasteiger partial charge in [-0.05, 0) is 59.5 Å². The van der Waals surface area contributed by atoms with Gasteiger partial charge in [0.15, 0.2) is 6.61 Å². The first-order valence-corrected chi connectivity index (χ1v) is 8.68. The van der Waals surface area contributed by atoms with Crippen molar-refractivity contribution in [1.29, 1.82) is 0 Å². The number of rotatable bonds is 9. The van der Waals surface area contributed by atoms with E-state index >= 15 is 0 Å². The highest BCUT2D eigenvalue weighted by Gasteiger charge is 2.07. The van der Waals surface area contributed by atoms with Gasteiger partial charge < -0.3 is 19.7 Å². The molecular weight excluding hydrogens is 346 g/mol. The molecule has 0 fully saturated rings. The first kappa shape index (κ1) is 18.7. The predicted molar refractivity (Wildman–Crippen MR) is 101 cm³/mol. The average molecular weight is 367 g/mol. The second kappa shape index (κ2) is 9.00. The van der Waals surface area contributed by atoms with Crippen molar-refractivity contribution in [2.75, 3.05) is 13.2 Å². The Kier molecular flexibility index (Phi) is 6.22. The zero-order valence-electron chi connectivity index (χ0n) is 14.7. The van der Waals surface area contributed by atoms with Crippen molar-refractivity contribution in [1.82, 2.24) is 4.98 Å². The normalized spacial score (nSPS) is 11.9. The minimum absolute atomic E-state index is 0.214. The third-order valence-electron chi connectivity index (χ3n) is 4.08. The van der Waals surface area contributed by atoms with Crippen LogP contribution in [0.2, 0.25) is 0 Å². The van der Waals surface area contributed by atoms with E-state index in [4.69, 9.17) is 14.6 Å². The highest BCUT2D eigenvalue weighted by Crippen LogP contribution is 2.25. The van der Waals surface area contributed by atoms with Crippen molar-refractivity contribution >= 4 is 16.7 Å². The SMILES string of the molecule is O=C(O)COc1ccc2cc(OCC(O)CCc3cccnc3)ccc2c1. The maximum Gasteiger partial charge on any atom is 0.341 e. The van der Waals surface area contributed by atoms with Crippen molar-refractivity contribution in [3.63, 3.8) is 0 Å². The molecule has 0 aliphatic rings. The summed E-state index contributed by atoms with van der Waals surface area (Å²) in [6, 6.07) is 14.8. The summed E-state index contributed by atoms with van der Waals surface area (Å²) < 4.78 is 10.9. The lowest BCUT2D eigenvalue weighted by atomic mass is 10.1. The molecule has 0 spiro atoms. The summed E-state index contributed by atoms with van der Waals surface area (Å²) >= 11 is 0. The van der Waals surface area contributed by atoms with Crippen LogP contribution in [0.25, 0.3) is 10.8 Å². The Bertz CT molecular complexity index is 897. The van der Waals surface area contributed by atoms with Gasteiger partial charge >= 0.3 is 5.97 Å². The third-order valence-corrected chi connectivity index (χ3v) is 4.08. The molecule has 3 aromatic rings. The lowest BCUT2D eigenvalue weighted by Gasteiger charge is -2.13. The van der Waals surface area contributed by atoms with Crippen molar-refractivity contribution in [2.45, 2.75) is 18.9 Å². The summed E-state index contributed by atoms with van der Waals surface area (Å²) in [5.41, 5.74) is 1.09. The number of hydrogen-bond donors (Lipinski definition) is 2. The summed E-state index contributed by atoms with van der Waals surface area (Å²) in [4.78, 5) is 14.6. The number of fused-ring (bicyclic) bond motifs is 1. The standard InChI is InChI=1S/C21H21NO5/c23-18(6-3-15-2-1-9-22-12-15)13-26-19-7-4-17-11-20(27-14-21(24)25)8-5-16(17)10-19/h1-2,4-5,7-12,18,23H,3,6,13-14H2,(H,24,25). The van der Waals surface area contributed by atoms with Crippen LogP contribution in [0, 0.1) is 0 Å². The van der Waals surface area contributed by atoms with E-state index in [0.717, 1.165) is 22.8 Å². The number of aliphatic hydroxyl groups is 1. The fourth-order valence-electron chi connectivity index (χ4n) is 2.68. The third kappa shape index (κ3) is 5.69. The average Bonchev–Trinajstić information content (AvgIpc) is 2.69. The molecule has 0 aliphatic carbocycles. The molecule has 6 nitrogen and oxygen atoms in total. The molecule has 1 heterocycles. The van der Waals surface area contributed by atoms with Crippen LogP contribution >= 0.6 is 0 Å². The first-order chi connectivity index (χ1) is 13.1. The fourth-order valence-corrected chi connectivity index (χ4v) is 2.68. The van der Waals surface area contributed by atoms with Gasteiger partial charge in [-0.1, -0.05) is 18.2 Å². The minimum Gasteiger partial charge on any atom is -0.491 e. The highest BCUT2D eigenvalue weighted by atomic mass is 16.5. The van der Waals surface area contributed by atoms with E-state index in [2.05, 4.69) is 4.98 Å². The second-order valence-corrected chi connectivity index (χ2v) is 6.22. The lowest BCUT2D eigenvalue weighted by molar-refractivity contribution is -0.139.